The molecule has 1 aromatic carbocycles. The standard InChI is InChI=1S/C16H23F2N3O/c1-12(11-21-7-5-20(2)6-8-21)10-19-16(22)14-9-13(17)3-4-15(14)18/h3-4,9,12H,5-8,10-11H2,1-2H3,(H,19,22)/t12-/m0/s1. The summed E-state index contributed by atoms with van der Waals surface area (Å²) in [5.74, 6) is -1.63. The number of hydrogen-bond donors (Lipinski definition) is 1. The van der Waals surface area contributed by atoms with E-state index in [-0.39, 0.29) is 11.5 Å². The predicted molar refractivity (Wildman–Crippen MR) is 81.8 cm³/mol. The van der Waals surface area contributed by atoms with Crippen molar-refractivity contribution >= 4 is 5.91 Å². The highest BCUT2D eigenvalue weighted by atomic mass is 19.1. The average Bonchev–Trinajstić information content (AvgIpc) is 2.49. The van der Waals surface area contributed by atoms with E-state index in [4.69, 9.17) is 0 Å². The van der Waals surface area contributed by atoms with E-state index in [9.17, 15) is 13.6 Å². The van der Waals surface area contributed by atoms with E-state index in [1.807, 2.05) is 6.92 Å². The second-order valence-electron chi connectivity index (χ2n) is 6.04. The molecule has 22 heavy (non-hydrogen) atoms. The molecule has 1 atom stereocenters. The van der Waals surface area contributed by atoms with Crippen LogP contribution < -0.4 is 5.32 Å². The third kappa shape index (κ3) is 4.74. The Balaban J connectivity index is 1.79. The maximum Gasteiger partial charge on any atom is 0.254 e. The van der Waals surface area contributed by atoms with Crippen molar-refractivity contribution in [2.24, 2.45) is 5.92 Å². The molecule has 0 unspecified atom stereocenters. The normalized spacial score (nSPS) is 18.2. The van der Waals surface area contributed by atoms with E-state index in [1.54, 1.807) is 0 Å². The molecule has 0 radical (unpaired) electrons. The van der Waals surface area contributed by atoms with E-state index < -0.39 is 17.5 Å². The summed E-state index contributed by atoms with van der Waals surface area (Å²) in [7, 11) is 2.11. The summed E-state index contributed by atoms with van der Waals surface area (Å²) >= 11 is 0. The summed E-state index contributed by atoms with van der Waals surface area (Å²) in [5, 5.41) is 2.68. The molecule has 1 N–H and O–H groups in total. The maximum absolute atomic E-state index is 13.5. The van der Waals surface area contributed by atoms with E-state index in [2.05, 4.69) is 22.2 Å². The largest absolute Gasteiger partial charge is 0.352 e. The fourth-order valence-electron chi connectivity index (χ4n) is 2.57. The van der Waals surface area contributed by atoms with Gasteiger partial charge in [0.25, 0.3) is 5.91 Å². The summed E-state index contributed by atoms with van der Waals surface area (Å²) < 4.78 is 26.6. The third-order valence-electron chi connectivity index (χ3n) is 3.95. The minimum atomic E-state index is -0.703. The highest BCUT2D eigenvalue weighted by Crippen LogP contribution is 2.10. The Labute approximate surface area is 130 Å². The number of halogens is 2. The van der Waals surface area contributed by atoms with Gasteiger partial charge < -0.3 is 15.1 Å². The summed E-state index contributed by atoms with van der Waals surface area (Å²) in [6, 6.07) is 2.90. The van der Waals surface area contributed by atoms with Crippen LogP contribution in [0.1, 0.15) is 17.3 Å². The number of nitrogens with one attached hydrogen (secondary N) is 1. The Morgan fingerprint density at radius 3 is 2.64 bits per heavy atom. The van der Waals surface area contributed by atoms with Gasteiger partial charge in [-0.25, -0.2) is 8.78 Å². The molecule has 1 aliphatic rings. The number of nitrogens with zero attached hydrogens (tertiary/aromatic N) is 2. The minimum Gasteiger partial charge on any atom is -0.352 e. The first kappa shape index (κ1) is 16.8. The molecule has 122 valence electrons. The van der Waals surface area contributed by atoms with Crippen LogP contribution in [0.2, 0.25) is 0 Å². The van der Waals surface area contributed by atoms with Crippen LogP contribution in [0.25, 0.3) is 0 Å². The van der Waals surface area contributed by atoms with Crippen molar-refractivity contribution in [2.45, 2.75) is 6.92 Å². The van der Waals surface area contributed by atoms with Gasteiger partial charge in [-0.1, -0.05) is 6.92 Å². The zero-order chi connectivity index (χ0) is 16.1. The highest BCUT2D eigenvalue weighted by molar-refractivity contribution is 5.94. The van der Waals surface area contributed by atoms with Crippen LogP contribution in [0.4, 0.5) is 8.78 Å². The number of amides is 1. The van der Waals surface area contributed by atoms with E-state index in [0.29, 0.717) is 6.54 Å². The van der Waals surface area contributed by atoms with Crippen LogP contribution in [-0.4, -0.2) is 62.0 Å². The fraction of sp³-hybridized carbons (Fsp3) is 0.562. The van der Waals surface area contributed by atoms with Crippen LogP contribution in [0.5, 0.6) is 0 Å². The van der Waals surface area contributed by atoms with Gasteiger partial charge in [0.05, 0.1) is 5.56 Å². The second kappa shape index (κ2) is 7.65. The molecule has 1 fully saturated rings. The summed E-state index contributed by atoms with van der Waals surface area (Å²) in [4.78, 5) is 16.6. The van der Waals surface area contributed by atoms with Gasteiger partial charge in [-0.2, -0.15) is 0 Å². The zero-order valence-electron chi connectivity index (χ0n) is 13.1. The van der Waals surface area contributed by atoms with Crippen LogP contribution >= 0.6 is 0 Å². The van der Waals surface area contributed by atoms with Crippen molar-refractivity contribution in [3.8, 4) is 0 Å². The minimum absolute atomic E-state index is 0.244. The van der Waals surface area contributed by atoms with Gasteiger partial charge >= 0.3 is 0 Å². The molecule has 0 bridgehead atoms. The number of piperazine rings is 1. The Morgan fingerprint density at radius 1 is 1.27 bits per heavy atom. The van der Waals surface area contributed by atoms with Crippen molar-refractivity contribution in [3.63, 3.8) is 0 Å². The lowest BCUT2D eigenvalue weighted by Crippen LogP contribution is -2.46. The van der Waals surface area contributed by atoms with Gasteiger partial charge in [0.15, 0.2) is 0 Å². The van der Waals surface area contributed by atoms with Crippen molar-refractivity contribution in [1.29, 1.82) is 0 Å². The SMILES string of the molecule is C[C@@H](CNC(=O)c1cc(F)ccc1F)CN1CCN(C)CC1. The highest BCUT2D eigenvalue weighted by Gasteiger charge is 2.17. The number of carbonyl (C=O) groups excluding carboxylic acids is 1. The molecule has 1 saturated heterocycles. The maximum atomic E-state index is 13.5. The number of hydrogen-bond acceptors (Lipinski definition) is 3. The van der Waals surface area contributed by atoms with Gasteiger partial charge in [0.2, 0.25) is 0 Å². The molecule has 0 saturated carbocycles. The van der Waals surface area contributed by atoms with Gasteiger partial charge in [-0.15, -0.1) is 0 Å². The molecule has 6 heteroatoms. The van der Waals surface area contributed by atoms with Gasteiger partial charge in [-0.05, 0) is 31.2 Å². The summed E-state index contributed by atoms with van der Waals surface area (Å²) in [6.07, 6.45) is 0. The lowest BCUT2D eigenvalue weighted by Gasteiger charge is -2.33. The molecule has 0 aliphatic carbocycles. The molecule has 0 aromatic heterocycles. The van der Waals surface area contributed by atoms with Crippen molar-refractivity contribution in [2.75, 3.05) is 46.3 Å². The van der Waals surface area contributed by atoms with Crippen LogP contribution in [0, 0.1) is 17.6 Å². The first-order chi connectivity index (χ1) is 10.5. The molecule has 0 spiro atoms. The Morgan fingerprint density at radius 2 is 1.95 bits per heavy atom. The Kier molecular flexibility index (Phi) is 5.85. The first-order valence-electron chi connectivity index (χ1n) is 7.60. The monoisotopic (exact) mass is 311 g/mol. The zero-order valence-corrected chi connectivity index (χ0v) is 13.1. The van der Waals surface area contributed by atoms with Crippen molar-refractivity contribution in [1.82, 2.24) is 15.1 Å². The molecule has 4 nitrogen and oxygen atoms in total. The predicted octanol–water partition coefficient (Wildman–Crippen LogP) is 1.58. The molecule has 1 heterocycles. The lowest BCUT2D eigenvalue weighted by molar-refractivity contribution is 0.0933. The van der Waals surface area contributed by atoms with Crippen LogP contribution in [-0.2, 0) is 0 Å². The van der Waals surface area contributed by atoms with Gasteiger partial charge in [0, 0.05) is 39.3 Å². The molecule has 2 rings (SSSR count). The topological polar surface area (TPSA) is 35.6 Å². The third-order valence-corrected chi connectivity index (χ3v) is 3.95. The van der Waals surface area contributed by atoms with Gasteiger partial charge in [-0.3, -0.25) is 4.79 Å². The van der Waals surface area contributed by atoms with E-state index in [0.717, 1.165) is 50.9 Å². The Hall–Kier alpha value is -1.53. The molecular weight excluding hydrogens is 288 g/mol. The second-order valence-corrected chi connectivity index (χ2v) is 6.04. The number of rotatable bonds is 5. The molecule has 1 amide bonds. The smallest absolute Gasteiger partial charge is 0.254 e. The van der Waals surface area contributed by atoms with Crippen LogP contribution in [0.15, 0.2) is 18.2 Å². The van der Waals surface area contributed by atoms with Gasteiger partial charge in [0.1, 0.15) is 11.6 Å². The lowest BCUT2D eigenvalue weighted by atomic mass is 10.1. The van der Waals surface area contributed by atoms with Crippen LogP contribution in [0.3, 0.4) is 0 Å². The fourth-order valence-corrected chi connectivity index (χ4v) is 2.57. The Bertz CT molecular complexity index is 516. The summed E-state index contributed by atoms with van der Waals surface area (Å²) in [6.45, 7) is 7.52. The summed E-state index contributed by atoms with van der Waals surface area (Å²) in [5.41, 5.74) is -0.244. The first-order valence-corrected chi connectivity index (χ1v) is 7.60. The molecule has 1 aliphatic heterocycles. The van der Waals surface area contributed by atoms with E-state index >= 15 is 0 Å². The number of likely N-dealkylation sites (N-methyl/N-ethyl adjacent to an activating group) is 1. The average molecular weight is 311 g/mol. The molecule has 1 aromatic rings. The molecular formula is C16H23F2N3O. The van der Waals surface area contributed by atoms with Crippen molar-refractivity contribution in [3.05, 3.63) is 35.4 Å². The van der Waals surface area contributed by atoms with Crippen molar-refractivity contribution < 1.29 is 13.6 Å². The van der Waals surface area contributed by atoms with E-state index in [1.165, 1.54) is 0 Å². The quantitative estimate of drug-likeness (QED) is 0.897. The number of carbonyl (C=O) groups is 1. The number of benzene rings is 1.